The lowest BCUT2D eigenvalue weighted by Crippen LogP contribution is -2.10. The summed E-state index contributed by atoms with van der Waals surface area (Å²) in [7, 11) is 0. The molecule has 3 N–H and O–H groups in total. The molecular weight excluding hydrogens is 463 g/mol. The average Bonchev–Trinajstić information content (AvgIpc) is 2.81. The van der Waals surface area contributed by atoms with Gasteiger partial charge in [-0.05, 0) is 42.8 Å². The van der Waals surface area contributed by atoms with Crippen molar-refractivity contribution in [3.05, 3.63) is 77.6 Å². The number of benzene rings is 1. The summed E-state index contributed by atoms with van der Waals surface area (Å²) in [4.78, 5) is 39.0. The summed E-state index contributed by atoms with van der Waals surface area (Å²) in [5, 5.41) is 14.3. The number of aliphatic carboxylic acids is 1. The first-order valence-corrected chi connectivity index (χ1v) is 10.2. The van der Waals surface area contributed by atoms with E-state index < -0.39 is 17.7 Å². The summed E-state index contributed by atoms with van der Waals surface area (Å²) in [6, 6.07) is 8.29. The van der Waals surface area contributed by atoms with E-state index in [2.05, 4.69) is 30.6 Å². The predicted octanol–water partition coefficient (Wildman–Crippen LogP) is 4.51. The van der Waals surface area contributed by atoms with Crippen molar-refractivity contribution in [3.8, 4) is 11.3 Å². The van der Waals surface area contributed by atoms with E-state index in [0.29, 0.717) is 28.2 Å². The van der Waals surface area contributed by atoms with Crippen LogP contribution in [0.1, 0.15) is 5.56 Å². The second-order valence-electron chi connectivity index (χ2n) is 7.10. The van der Waals surface area contributed by atoms with Gasteiger partial charge in [-0.1, -0.05) is 11.6 Å². The lowest BCUT2D eigenvalue weighted by Gasteiger charge is -2.13. The van der Waals surface area contributed by atoms with Crippen LogP contribution in [0.3, 0.4) is 0 Å². The number of carboxylic acids is 1. The molecule has 0 radical (unpaired) electrons. The highest BCUT2D eigenvalue weighted by Gasteiger charge is 2.16. The van der Waals surface area contributed by atoms with E-state index >= 15 is 4.39 Å². The maximum absolute atomic E-state index is 15.1. The monoisotopic (exact) mass is 478 g/mol. The number of rotatable bonds is 6. The lowest BCUT2D eigenvalue weighted by molar-refractivity contribution is -0.131. The minimum Gasteiger partial charge on any atom is -0.478 e. The van der Waals surface area contributed by atoms with Gasteiger partial charge in [0.1, 0.15) is 18.0 Å². The fourth-order valence-corrected chi connectivity index (χ4v) is 3.36. The zero-order valence-corrected chi connectivity index (χ0v) is 18.3. The molecule has 4 rings (SSSR count). The molecule has 11 heteroatoms. The second kappa shape index (κ2) is 9.59. The van der Waals surface area contributed by atoms with Crippen molar-refractivity contribution in [2.45, 2.75) is 6.92 Å². The number of anilines is 3. The fraction of sp³-hybridized carbons (Fsp3) is 0.0435. The van der Waals surface area contributed by atoms with E-state index in [1.165, 1.54) is 24.7 Å². The number of pyridine rings is 2. The number of aromatic nitrogens is 4. The standard InChI is InChI=1S/C23H16ClFN6O3/c1-12-6-7-26-16(8-12)13-2-3-15(22(25)21(13)24)30-23-14-9-18(27-10-17(14)28-11-29-23)31-19(32)4-5-20(33)34/h2-11H,1H3,(H,33,34)(H,27,31,32)(H,28,29,30). The molecular formula is C23H16ClFN6O3. The fourth-order valence-electron chi connectivity index (χ4n) is 3.10. The Bertz CT molecular complexity index is 1460. The minimum absolute atomic E-state index is 0.0770. The van der Waals surface area contributed by atoms with Crippen molar-refractivity contribution < 1.29 is 19.1 Å². The van der Waals surface area contributed by atoms with Crippen molar-refractivity contribution in [1.29, 1.82) is 0 Å². The van der Waals surface area contributed by atoms with Crippen LogP contribution < -0.4 is 10.6 Å². The molecule has 0 fully saturated rings. The molecule has 0 atom stereocenters. The summed E-state index contributed by atoms with van der Waals surface area (Å²) in [6.45, 7) is 1.90. The molecule has 1 aromatic carbocycles. The molecule has 3 aromatic heterocycles. The van der Waals surface area contributed by atoms with Gasteiger partial charge in [-0.15, -0.1) is 0 Å². The van der Waals surface area contributed by atoms with Crippen LogP contribution >= 0.6 is 11.6 Å². The van der Waals surface area contributed by atoms with Gasteiger partial charge in [0.15, 0.2) is 5.82 Å². The number of nitrogens with zero attached hydrogens (tertiary/aromatic N) is 4. The van der Waals surface area contributed by atoms with E-state index in [9.17, 15) is 9.59 Å². The van der Waals surface area contributed by atoms with Crippen molar-refractivity contribution in [2.24, 2.45) is 0 Å². The van der Waals surface area contributed by atoms with Crippen LogP contribution in [0, 0.1) is 12.7 Å². The van der Waals surface area contributed by atoms with Crippen molar-refractivity contribution >= 4 is 51.7 Å². The normalized spacial score (nSPS) is 11.0. The third-order valence-corrected chi connectivity index (χ3v) is 5.05. The molecule has 0 bridgehead atoms. The predicted molar refractivity (Wildman–Crippen MR) is 125 cm³/mol. The Kier molecular flexibility index (Phi) is 6.42. The Morgan fingerprint density at radius 1 is 1.09 bits per heavy atom. The third-order valence-electron chi connectivity index (χ3n) is 4.68. The molecule has 9 nitrogen and oxygen atoms in total. The SMILES string of the molecule is Cc1ccnc(-c2ccc(Nc3ncnc4cnc(NC(=O)C=CC(=O)O)cc34)c(F)c2Cl)c1. The summed E-state index contributed by atoms with van der Waals surface area (Å²) in [5.74, 6) is -2.24. The number of carbonyl (C=O) groups excluding carboxylic acids is 1. The van der Waals surface area contributed by atoms with E-state index in [4.69, 9.17) is 16.7 Å². The van der Waals surface area contributed by atoms with E-state index in [-0.39, 0.29) is 22.3 Å². The molecule has 34 heavy (non-hydrogen) atoms. The summed E-state index contributed by atoms with van der Waals surface area (Å²) >= 11 is 6.31. The summed E-state index contributed by atoms with van der Waals surface area (Å²) in [6.07, 6.45) is 5.87. The number of fused-ring (bicyclic) bond motifs is 1. The van der Waals surface area contributed by atoms with Gasteiger partial charge in [0.05, 0.1) is 28.1 Å². The number of hydrogen-bond donors (Lipinski definition) is 3. The Morgan fingerprint density at radius 3 is 2.68 bits per heavy atom. The zero-order chi connectivity index (χ0) is 24.2. The number of carboxylic acid groups (broad SMARTS) is 1. The minimum atomic E-state index is -1.26. The topological polar surface area (TPSA) is 130 Å². The van der Waals surface area contributed by atoms with E-state index in [0.717, 1.165) is 11.6 Å². The Balaban J connectivity index is 1.66. The number of hydrogen-bond acceptors (Lipinski definition) is 7. The molecule has 0 aliphatic carbocycles. The first kappa shape index (κ1) is 22.7. The van der Waals surface area contributed by atoms with Gasteiger partial charge < -0.3 is 15.7 Å². The summed E-state index contributed by atoms with van der Waals surface area (Å²) in [5.41, 5.74) is 2.47. The number of aryl methyl sites for hydroxylation is 1. The maximum Gasteiger partial charge on any atom is 0.328 e. The smallest absolute Gasteiger partial charge is 0.328 e. The van der Waals surface area contributed by atoms with Gasteiger partial charge in [-0.25, -0.2) is 24.1 Å². The van der Waals surface area contributed by atoms with Crippen molar-refractivity contribution in [2.75, 3.05) is 10.6 Å². The van der Waals surface area contributed by atoms with Crippen LogP contribution in [0.5, 0.6) is 0 Å². The van der Waals surface area contributed by atoms with Crippen LogP contribution in [0.4, 0.5) is 21.7 Å². The molecule has 0 unspecified atom stereocenters. The van der Waals surface area contributed by atoms with Crippen molar-refractivity contribution in [1.82, 2.24) is 19.9 Å². The van der Waals surface area contributed by atoms with Gasteiger partial charge in [0, 0.05) is 29.3 Å². The van der Waals surface area contributed by atoms with Gasteiger partial charge in [-0.3, -0.25) is 9.78 Å². The van der Waals surface area contributed by atoms with Gasteiger partial charge in [0.25, 0.3) is 0 Å². The van der Waals surface area contributed by atoms with E-state index in [1.54, 1.807) is 18.3 Å². The molecule has 1 amide bonds. The largest absolute Gasteiger partial charge is 0.478 e. The average molecular weight is 479 g/mol. The number of carbonyl (C=O) groups is 2. The molecule has 0 saturated heterocycles. The second-order valence-corrected chi connectivity index (χ2v) is 7.48. The lowest BCUT2D eigenvalue weighted by atomic mass is 10.1. The quantitative estimate of drug-likeness (QED) is 0.345. The van der Waals surface area contributed by atoms with Crippen LogP contribution in [0.25, 0.3) is 22.2 Å². The molecule has 4 aromatic rings. The number of halogens is 2. The Morgan fingerprint density at radius 2 is 1.91 bits per heavy atom. The van der Waals surface area contributed by atoms with Crippen LogP contribution in [0.15, 0.2) is 61.2 Å². The van der Waals surface area contributed by atoms with Crippen LogP contribution in [-0.4, -0.2) is 36.9 Å². The Hall–Kier alpha value is -4.44. The highest BCUT2D eigenvalue weighted by atomic mass is 35.5. The van der Waals surface area contributed by atoms with Crippen molar-refractivity contribution in [3.63, 3.8) is 0 Å². The molecule has 3 heterocycles. The molecule has 170 valence electrons. The first-order valence-electron chi connectivity index (χ1n) is 9.82. The molecule has 0 aliphatic rings. The van der Waals surface area contributed by atoms with Gasteiger partial charge in [-0.2, -0.15) is 0 Å². The first-order chi connectivity index (χ1) is 16.3. The zero-order valence-electron chi connectivity index (χ0n) is 17.6. The highest BCUT2D eigenvalue weighted by Crippen LogP contribution is 2.35. The van der Waals surface area contributed by atoms with Crippen LogP contribution in [-0.2, 0) is 9.59 Å². The highest BCUT2D eigenvalue weighted by molar-refractivity contribution is 6.33. The van der Waals surface area contributed by atoms with Crippen LogP contribution in [0.2, 0.25) is 5.02 Å². The Labute approximate surface area is 197 Å². The number of nitrogens with one attached hydrogen (secondary N) is 2. The molecule has 0 aliphatic heterocycles. The molecule has 0 spiro atoms. The molecule has 0 saturated carbocycles. The van der Waals surface area contributed by atoms with Gasteiger partial charge >= 0.3 is 5.97 Å². The van der Waals surface area contributed by atoms with E-state index in [1.807, 2.05) is 13.0 Å². The summed E-state index contributed by atoms with van der Waals surface area (Å²) < 4.78 is 15.1. The maximum atomic E-state index is 15.1. The number of amides is 1. The third kappa shape index (κ3) is 4.97. The van der Waals surface area contributed by atoms with Gasteiger partial charge in [0.2, 0.25) is 5.91 Å².